The monoisotopic (exact) mass is 636 g/mol. The second kappa shape index (κ2) is 14.9. The highest BCUT2D eigenvalue weighted by molar-refractivity contribution is 7.10. The van der Waals surface area contributed by atoms with Crippen LogP contribution in [-0.4, -0.2) is 58.1 Å². The summed E-state index contributed by atoms with van der Waals surface area (Å²) < 4.78 is 0. The van der Waals surface area contributed by atoms with Crippen molar-refractivity contribution in [2.24, 2.45) is 11.8 Å². The van der Waals surface area contributed by atoms with Crippen molar-refractivity contribution in [2.75, 3.05) is 19.6 Å². The van der Waals surface area contributed by atoms with E-state index in [0.29, 0.717) is 66.9 Å². The lowest BCUT2D eigenvalue weighted by atomic mass is 10.0. The third-order valence-electron chi connectivity index (χ3n) is 7.70. The molecule has 2 aliphatic rings. The number of hydrogen-bond acceptors (Lipinski definition) is 8. The molecule has 3 aromatic rings. The fourth-order valence-electron chi connectivity index (χ4n) is 5.26. The van der Waals surface area contributed by atoms with Crippen LogP contribution in [0.2, 0.25) is 0 Å². The average Bonchev–Trinajstić information content (AvgIpc) is 3.51. The predicted molar refractivity (Wildman–Crippen MR) is 170 cm³/mol. The van der Waals surface area contributed by atoms with Gasteiger partial charge >= 0.3 is 0 Å². The molecule has 0 unspecified atom stereocenters. The Bertz CT molecular complexity index is 1450. The Hall–Kier alpha value is -3.64. The van der Waals surface area contributed by atoms with Crippen LogP contribution in [0.1, 0.15) is 101 Å². The molecule has 234 valence electrons. The van der Waals surface area contributed by atoms with Gasteiger partial charge in [-0.05, 0) is 50.0 Å². The molecule has 12 heteroatoms. The summed E-state index contributed by atoms with van der Waals surface area (Å²) in [6, 6.07) is 9.03. The van der Waals surface area contributed by atoms with Gasteiger partial charge < -0.3 is 20.9 Å². The topological polar surface area (TPSA) is 133 Å². The number of fused-ring (bicyclic) bond motifs is 4. The van der Waals surface area contributed by atoms with Gasteiger partial charge in [0, 0.05) is 42.7 Å². The minimum atomic E-state index is -0.469. The lowest BCUT2D eigenvalue weighted by Gasteiger charge is -2.23. The van der Waals surface area contributed by atoms with Crippen LogP contribution in [0.5, 0.6) is 0 Å². The number of aromatic nitrogens is 2. The van der Waals surface area contributed by atoms with E-state index in [2.05, 4.69) is 39.8 Å². The number of carbonyl (C=O) groups excluding carboxylic acids is 4. The molecule has 3 heterocycles. The van der Waals surface area contributed by atoms with Crippen molar-refractivity contribution in [1.82, 2.24) is 30.8 Å². The minimum Gasteiger partial charge on any atom is -0.351 e. The lowest BCUT2D eigenvalue weighted by molar-refractivity contribution is -0.133. The van der Waals surface area contributed by atoms with E-state index in [-0.39, 0.29) is 47.7 Å². The van der Waals surface area contributed by atoms with Gasteiger partial charge in [0.25, 0.3) is 11.8 Å². The highest BCUT2D eigenvalue weighted by Gasteiger charge is 2.33. The van der Waals surface area contributed by atoms with E-state index < -0.39 is 6.04 Å². The van der Waals surface area contributed by atoms with Gasteiger partial charge in [-0.1, -0.05) is 44.2 Å². The molecule has 4 amide bonds. The highest BCUT2D eigenvalue weighted by Crippen LogP contribution is 2.31. The molecule has 0 spiro atoms. The Morgan fingerprint density at radius 3 is 2.25 bits per heavy atom. The lowest BCUT2D eigenvalue weighted by Crippen LogP contribution is -2.37. The molecule has 1 saturated carbocycles. The van der Waals surface area contributed by atoms with E-state index in [1.165, 1.54) is 22.7 Å². The van der Waals surface area contributed by atoms with Gasteiger partial charge in [0.1, 0.15) is 21.4 Å². The van der Waals surface area contributed by atoms with Crippen LogP contribution in [0.3, 0.4) is 0 Å². The smallest absolute Gasteiger partial charge is 0.271 e. The number of hydrogen-bond donors (Lipinski definition) is 3. The number of amides is 4. The standard InChI is InChI=1S/C32H40N6O4S2/c1-20(2)16-23-30-37-26(19-44-30)29(41)35-24(17-21-8-4-3-5-9-21)31-36-25(18-43-31)28(40)33-13-7-15-38(32(42)22-11-12-22)14-6-10-27(39)34-23/h3-5,8-9,18-20,22-24H,6-7,10-17H2,1-2H3,(H,33,40)(H,34,39)(H,35,41)/t23-,24-/m0/s1. The van der Waals surface area contributed by atoms with Crippen LogP contribution in [0.4, 0.5) is 0 Å². The number of nitrogens with one attached hydrogen (secondary N) is 3. The first-order valence-electron chi connectivity index (χ1n) is 15.4. The molecule has 44 heavy (non-hydrogen) atoms. The summed E-state index contributed by atoms with van der Waals surface area (Å²) >= 11 is 2.69. The first-order chi connectivity index (χ1) is 21.3. The third-order valence-corrected chi connectivity index (χ3v) is 9.61. The molecule has 1 fully saturated rings. The first-order valence-corrected chi connectivity index (χ1v) is 17.1. The molecule has 4 bridgehead atoms. The van der Waals surface area contributed by atoms with Crippen LogP contribution in [-0.2, 0) is 16.0 Å². The summed E-state index contributed by atoms with van der Waals surface area (Å²) in [5.74, 6) is -0.218. The van der Waals surface area contributed by atoms with Crippen LogP contribution in [0.25, 0.3) is 0 Å². The van der Waals surface area contributed by atoms with Crippen LogP contribution in [0.15, 0.2) is 41.1 Å². The summed E-state index contributed by atoms with van der Waals surface area (Å²) in [7, 11) is 0. The van der Waals surface area contributed by atoms with Gasteiger partial charge in [0.05, 0.1) is 12.1 Å². The maximum atomic E-state index is 13.5. The van der Waals surface area contributed by atoms with Crippen molar-refractivity contribution >= 4 is 46.3 Å². The molecule has 2 atom stereocenters. The predicted octanol–water partition coefficient (Wildman–Crippen LogP) is 4.67. The second-order valence-electron chi connectivity index (χ2n) is 11.9. The Morgan fingerprint density at radius 2 is 1.57 bits per heavy atom. The maximum absolute atomic E-state index is 13.5. The van der Waals surface area contributed by atoms with Crippen LogP contribution < -0.4 is 16.0 Å². The molecule has 1 aliphatic heterocycles. The Labute approximate surface area is 266 Å². The van der Waals surface area contributed by atoms with Gasteiger partial charge in [-0.3, -0.25) is 19.2 Å². The normalized spacial score (nSPS) is 20.8. The number of thiazole rings is 2. The fraction of sp³-hybridized carbons (Fsp3) is 0.500. The van der Waals surface area contributed by atoms with E-state index >= 15 is 0 Å². The number of carbonyl (C=O) groups is 4. The Kier molecular flexibility index (Phi) is 10.8. The van der Waals surface area contributed by atoms with Crippen molar-refractivity contribution in [2.45, 2.75) is 70.9 Å². The maximum Gasteiger partial charge on any atom is 0.271 e. The molecular formula is C32H40N6O4S2. The molecule has 10 nitrogen and oxygen atoms in total. The van der Waals surface area contributed by atoms with Crippen LogP contribution >= 0.6 is 22.7 Å². The van der Waals surface area contributed by atoms with Gasteiger partial charge in [-0.25, -0.2) is 9.97 Å². The molecule has 0 saturated heterocycles. The van der Waals surface area contributed by atoms with Gasteiger partial charge in [0.2, 0.25) is 11.8 Å². The average molecular weight is 637 g/mol. The summed E-state index contributed by atoms with van der Waals surface area (Å²) in [4.78, 5) is 63.5. The first kappa shape index (κ1) is 31.8. The van der Waals surface area contributed by atoms with Crippen molar-refractivity contribution in [3.05, 3.63) is 68.1 Å². The van der Waals surface area contributed by atoms with Crippen molar-refractivity contribution in [3.63, 3.8) is 0 Å². The van der Waals surface area contributed by atoms with Crippen molar-refractivity contribution in [3.8, 4) is 0 Å². The molecule has 2 aromatic heterocycles. The number of rotatable bonds is 5. The van der Waals surface area contributed by atoms with Crippen molar-refractivity contribution in [1.29, 1.82) is 0 Å². The zero-order valence-corrected chi connectivity index (χ0v) is 26.8. The molecule has 1 aromatic carbocycles. The molecule has 0 radical (unpaired) electrons. The van der Waals surface area contributed by atoms with E-state index in [9.17, 15) is 19.2 Å². The second-order valence-corrected chi connectivity index (χ2v) is 13.7. The van der Waals surface area contributed by atoms with Crippen molar-refractivity contribution < 1.29 is 19.2 Å². The SMILES string of the molecule is CC(C)C[C@@H]1NC(=O)CCCN(C(=O)C2CC2)CCCNC(=O)c2csc(n2)[C@H](Cc2ccccc2)NC(=O)c2csc1n2. The highest BCUT2D eigenvalue weighted by atomic mass is 32.1. The Morgan fingerprint density at radius 1 is 0.909 bits per heavy atom. The molecule has 5 rings (SSSR count). The van der Waals surface area contributed by atoms with E-state index in [1.54, 1.807) is 10.8 Å². The zero-order chi connectivity index (χ0) is 31.1. The molecule has 1 aliphatic carbocycles. The van der Waals surface area contributed by atoms with Crippen LogP contribution in [0, 0.1) is 11.8 Å². The third kappa shape index (κ3) is 8.72. The Balaban J connectivity index is 1.40. The summed E-state index contributed by atoms with van der Waals surface area (Å²) in [5.41, 5.74) is 1.60. The van der Waals surface area contributed by atoms with E-state index in [0.717, 1.165) is 18.4 Å². The van der Waals surface area contributed by atoms with Gasteiger partial charge in [-0.15, -0.1) is 22.7 Å². The molecule has 3 N–H and O–H groups in total. The number of nitrogens with zero attached hydrogens (tertiary/aromatic N) is 3. The van der Waals surface area contributed by atoms with E-state index in [4.69, 9.17) is 0 Å². The summed E-state index contributed by atoms with van der Waals surface area (Å²) in [6.45, 7) is 5.58. The van der Waals surface area contributed by atoms with E-state index in [1.807, 2.05) is 35.2 Å². The van der Waals surface area contributed by atoms with Gasteiger partial charge in [-0.2, -0.15) is 0 Å². The summed E-state index contributed by atoms with van der Waals surface area (Å²) in [5, 5.41) is 13.9. The fourth-order valence-corrected chi connectivity index (χ4v) is 6.97. The quantitative estimate of drug-likeness (QED) is 0.373. The molecular weight excluding hydrogens is 597 g/mol. The van der Waals surface area contributed by atoms with Gasteiger partial charge in [0.15, 0.2) is 0 Å². The summed E-state index contributed by atoms with van der Waals surface area (Å²) in [6.07, 6.45) is 4.43. The largest absolute Gasteiger partial charge is 0.351 e. The zero-order valence-electron chi connectivity index (χ0n) is 25.2. The minimum absolute atomic E-state index is 0.0796. The number of benzene rings is 1.